The largest absolute Gasteiger partial charge is 0.305 e. The summed E-state index contributed by atoms with van der Waals surface area (Å²) in [6, 6.07) is 9.02. The third kappa shape index (κ3) is 3.64. The number of carbonyl (C=O) groups is 1. The monoisotopic (exact) mass is 478 g/mol. The number of anilines is 1. The number of imidazole rings is 1. The fourth-order valence-electron chi connectivity index (χ4n) is 4.51. The number of nitriles is 1. The summed E-state index contributed by atoms with van der Waals surface area (Å²) in [5.41, 5.74) is 0.0218. The van der Waals surface area contributed by atoms with Crippen LogP contribution in [0.25, 0.3) is 11.4 Å². The van der Waals surface area contributed by atoms with Gasteiger partial charge in [0, 0.05) is 23.7 Å². The Labute approximate surface area is 199 Å². The highest BCUT2D eigenvalue weighted by atomic mass is 19.1. The van der Waals surface area contributed by atoms with Crippen LogP contribution in [0.3, 0.4) is 0 Å². The molecule has 3 aromatic rings. The van der Waals surface area contributed by atoms with Crippen LogP contribution in [-0.2, 0) is 6.54 Å². The molecule has 2 aliphatic rings. The van der Waals surface area contributed by atoms with E-state index in [0.717, 1.165) is 18.2 Å². The van der Waals surface area contributed by atoms with E-state index in [1.165, 1.54) is 23.1 Å². The summed E-state index contributed by atoms with van der Waals surface area (Å²) in [6.45, 7) is 6.45. The molecule has 3 heterocycles. The Morgan fingerprint density at radius 2 is 1.89 bits per heavy atom. The van der Waals surface area contributed by atoms with Gasteiger partial charge in [0.25, 0.3) is 5.91 Å². The lowest BCUT2D eigenvalue weighted by Gasteiger charge is -2.34. The molecule has 0 saturated carbocycles. The quantitative estimate of drug-likeness (QED) is 0.560. The number of fused-ring (bicyclic) bond motifs is 3. The zero-order valence-electron chi connectivity index (χ0n) is 19.3. The molecule has 0 spiro atoms. The van der Waals surface area contributed by atoms with Gasteiger partial charge in [-0.2, -0.15) is 5.26 Å². The minimum Gasteiger partial charge on any atom is -0.305 e. The van der Waals surface area contributed by atoms with Gasteiger partial charge in [-0.15, -0.1) is 0 Å². The molecule has 7 nitrogen and oxygen atoms in total. The highest BCUT2D eigenvalue weighted by molar-refractivity contribution is 6.18. The van der Waals surface area contributed by atoms with Gasteiger partial charge in [-0.1, -0.05) is 6.07 Å². The molecule has 2 aromatic carbocycles. The van der Waals surface area contributed by atoms with Crippen LogP contribution in [0.15, 0.2) is 41.4 Å². The second-order valence-corrected chi connectivity index (χ2v) is 9.10. The van der Waals surface area contributed by atoms with Crippen molar-refractivity contribution in [1.29, 1.82) is 5.26 Å². The van der Waals surface area contributed by atoms with Crippen molar-refractivity contribution in [1.82, 2.24) is 14.5 Å². The summed E-state index contributed by atoms with van der Waals surface area (Å²) in [7, 11) is 0. The fourth-order valence-corrected chi connectivity index (χ4v) is 4.51. The molecule has 10 heteroatoms. The topological polar surface area (TPSA) is 77.5 Å². The number of amides is 1. The van der Waals surface area contributed by atoms with E-state index in [1.54, 1.807) is 10.6 Å². The van der Waals surface area contributed by atoms with Crippen molar-refractivity contribution in [2.24, 2.45) is 4.99 Å². The molecule has 0 fully saturated rings. The number of carbonyl (C=O) groups excluding carboxylic acids is 1. The summed E-state index contributed by atoms with van der Waals surface area (Å²) >= 11 is 0. The molecule has 0 bridgehead atoms. The Morgan fingerprint density at radius 3 is 2.57 bits per heavy atom. The standard InChI is InChI=1S/C25H21F3N6O/c1-4-32-23(35)20-22(34-13-25(2,3)31-24(32)34)33(12-15-5-7-17(26)10-19(15)28)21(30-20)14-6-8-18(27)16(9-14)11-29/h5-10H,4,12-13H2,1-3H3. The van der Waals surface area contributed by atoms with Gasteiger partial charge in [-0.05, 0) is 45.0 Å². The van der Waals surface area contributed by atoms with Crippen LogP contribution < -0.4 is 4.90 Å². The number of hydrogen-bond donors (Lipinski definition) is 0. The maximum Gasteiger partial charge on any atom is 0.283 e. The maximum absolute atomic E-state index is 14.7. The summed E-state index contributed by atoms with van der Waals surface area (Å²) in [4.78, 5) is 26.2. The van der Waals surface area contributed by atoms with Crippen LogP contribution >= 0.6 is 0 Å². The second-order valence-electron chi connectivity index (χ2n) is 9.10. The van der Waals surface area contributed by atoms with Crippen LogP contribution in [-0.4, -0.2) is 44.9 Å². The van der Waals surface area contributed by atoms with Crippen molar-refractivity contribution in [2.45, 2.75) is 32.9 Å². The lowest BCUT2D eigenvalue weighted by atomic mass is 10.1. The fraction of sp³-hybridized carbons (Fsp3) is 0.280. The van der Waals surface area contributed by atoms with Crippen LogP contribution in [0.5, 0.6) is 0 Å². The molecule has 0 radical (unpaired) electrons. The zero-order chi connectivity index (χ0) is 25.1. The first-order valence-corrected chi connectivity index (χ1v) is 11.1. The van der Waals surface area contributed by atoms with Gasteiger partial charge >= 0.3 is 0 Å². The summed E-state index contributed by atoms with van der Waals surface area (Å²) in [6.07, 6.45) is 0. The first kappa shape index (κ1) is 22.7. The van der Waals surface area contributed by atoms with E-state index >= 15 is 0 Å². The number of nitrogens with zero attached hydrogens (tertiary/aromatic N) is 6. The number of aliphatic imine (C=N–C) groups is 1. The average Bonchev–Trinajstić information content (AvgIpc) is 3.33. The molecule has 35 heavy (non-hydrogen) atoms. The van der Waals surface area contributed by atoms with Gasteiger partial charge in [-0.25, -0.2) is 23.1 Å². The van der Waals surface area contributed by atoms with Crippen LogP contribution in [0, 0.1) is 28.8 Å². The Balaban J connectivity index is 1.77. The number of rotatable bonds is 4. The molecular formula is C25H21F3N6O. The summed E-state index contributed by atoms with van der Waals surface area (Å²) in [5, 5.41) is 9.32. The van der Waals surface area contributed by atoms with Crippen molar-refractivity contribution in [3.63, 3.8) is 0 Å². The summed E-state index contributed by atoms with van der Waals surface area (Å²) in [5.74, 6) is -1.36. The molecular weight excluding hydrogens is 457 g/mol. The average molecular weight is 478 g/mol. The third-order valence-electron chi connectivity index (χ3n) is 6.08. The number of aromatic nitrogens is 2. The van der Waals surface area contributed by atoms with Crippen LogP contribution in [0.1, 0.15) is 42.4 Å². The van der Waals surface area contributed by atoms with E-state index in [9.17, 15) is 23.2 Å². The zero-order valence-corrected chi connectivity index (χ0v) is 19.3. The Bertz CT molecular complexity index is 1450. The van der Waals surface area contributed by atoms with Gasteiger partial charge in [0.15, 0.2) is 5.69 Å². The number of halogens is 3. The Hall–Kier alpha value is -4.13. The van der Waals surface area contributed by atoms with Crippen molar-refractivity contribution < 1.29 is 18.0 Å². The minimum absolute atomic E-state index is 0.0767. The molecule has 0 saturated heterocycles. The van der Waals surface area contributed by atoms with Gasteiger partial charge in [0.05, 0.1) is 24.2 Å². The Kier molecular flexibility index (Phi) is 5.16. The molecule has 2 aliphatic heterocycles. The predicted octanol–water partition coefficient (Wildman–Crippen LogP) is 4.32. The van der Waals surface area contributed by atoms with Crippen molar-refractivity contribution in [3.05, 3.63) is 70.7 Å². The first-order valence-electron chi connectivity index (χ1n) is 11.1. The number of hydrogen-bond acceptors (Lipinski definition) is 5. The van der Waals surface area contributed by atoms with Gasteiger partial charge in [-0.3, -0.25) is 14.6 Å². The predicted molar refractivity (Wildman–Crippen MR) is 123 cm³/mol. The minimum atomic E-state index is -0.747. The first-order chi connectivity index (χ1) is 16.6. The van der Waals surface area contributed by atoms with E-state index in [0.29, 0.717) is 30.4 Å². The Morgan fingerprint density at radius 1 is 1.11 bits per heavy atom. The smallest absolute Gasteiger partial charge is 0.283 e. The van der Waals surface area contributed by atoms with E-state index in [4.69, 9.17) is 4.99 Å². The number of benzene rings is 2. The normalized spacial score (nSPS) is 16.1. The van der Waals surface area contributed by atoms with Gasteiger partial charge in [0.2, 0.25) is 5.96 Å². The second kappa shape index (κ2) is 7.98. The SMILES string of the molecule is CCN1C(=O)c2nc(-c3ccc(F)c(C#N)c3)n(Cc3ccc(F)cc3F)c2N2CC(C)(C)N=C12. The molecule has 0 aliphatic carbocycles. The summed E-state index contributed by atoms with van der Waals surface area (Å²) < 4.78 is 43.9. The van der Waals surface area contributed by atoms with E-state index in [2.05, 4.69) is 4.98 Å². The van der Waals surface area contributed by atoms with Gasteiger partial charge < -0.3 is 4.57 Å². The molecule has 0 atom stereocenters. The van der Waals surface area contributed by atoms with Crippen LogP contribution in [0.2, 0.25) is 0 Å². The molecule has 1 aromatic heterocycles. The van der Waals surface area contributed by atoms with E-state index in [-0.39, 0.29) is 35.1 Å². The van der Waals surface area contributed by atoms with Gasteiger partial charge in [0.1, 0.15) is 35.2 Å². The molecule has 1 amide bonds. The van der Waals surface area contributed by atoms with E-state index < -0.39 is 23.0 Å². The molecule has 5 rings (SSSR count). The van der Waals surface area contributed by atoms with Crippen molar-refractivity contribution >= 4 is 17.7 Å². The van der Waals surface area contributed by atoms with Crippen molar-refractivity contribution in [2.75, 3.05) is 18.0 Å². The lowest BCUT2D eigenvalue weighted by Crippen LogP contribution is -2.51. The molecule has 178 valence electrons. The number of guanidine groups is 1. The molecule has 0 unspecified atom stereocenters. The molecule has 0 N–H and O–H groups in total. The maximum atomic E-state index is 14.7. The highest BCUT2D eigenvalue weighted by Crippen LogP contribution is 2.39. The third-order valence-corrected chi connectivity index (χ3v) is 6.08. The van der Waals surface area contributed by atoms with Crippen LogP contribution in [0.4, 0.5) is 19.0 Å². The highest BCUT2D eigenvalue weighted by Gasteiger charge is 2.45. The lowest BCUT2D eigenvalue weighted by molar-refractivity contribution is 0.0841. The van der Waals surface area contributed by atoms with Crippen molar-refractivity contribution in [3.8, 4) is 17.5 Å². The van der Waals surface area contributed by atoms with E-state index in [1.807, 2.05) is 25.7 Å².